The summed E-state index contributed by atoms with van der Waals surface area (Å²) in [4.78, 5) is 14.2. The highest BCUT2D eigenvalue weighted by Gasteiger charge is 2.31. The van der Waals surface area contributed by atoms with Gasteiger partial charge in [0.2, 0.25) is 0 Å². The second-order valence-corrected chi connectivity index (χ2v) is 5.46. The smallest absolute Gasteiger partial charge is 0.251 e. The summed E-state index contributed by atoms with van der Waals surface area (Å²) in [6.45, 7) is 7.45. The van der Waals surface area contributed by atoms with Gasteiger partial charge in [-0.15, -0.1) is 0 Å². The molecule has 17 heavy (non-hydrogen) atoms. The van der Waals surface area contributed by atoms with Crippen molar-refractivity contribution in [3.8, 4) is 0 Å². The molecule has 1 aliphatic rings. The maximum atomic E-state index is 11.8. The van der Waals surface area contributed by atoms with Crippen molar-refractivity contribution in [1.29, 1.82) is 0 Å². The van der Waals surface area contributed by atoms with E-state index in [4.69, 9.17) is 5.84 Å². The quantitative estimate of drug-likeness (QED) is 0.422. The van der Waals surface area contributed by atoms with Crippen LogP contribution in [0.1, 0.15) is 52.9 Å². The summed E-state index contributed by atoms with van der Waals surface area (Å²) in [7, 11) is 0. The molecule has 0 aromatic rings. The Bertz CT molecular complexity index is 237. The molecule has 1 unspecified atom stereocenters. The number of hydrogen-bond acceptors (Lipinski definition) is 3. The topological polar surface area (TPSA) is 58.4 Å². The van der Waals surface area contributed by atoms with Crippen molar-refractivity contribution < 1.29 is 4.79 Å². The minimum absolute atomic E-state index is 0.0416. The van der Waals surface area contributed by atoms with Gasteiger partial charge < -0.3 is 0 Å². The van der Waals surface area contributed by atoms with Gasteiger partial charge in [0.15, 0.2) is 0 Å². The molecule has 1 rings (SSSR count). The lowest BCUT2D eigenvalue weighted by atomic mass is 10.0. The molecule has 1 amide bonds. The number of nitrogens with one attached hydrogen (secondary N) is 1. The molecule has 3 N–H and O–H groups in total. The second-order valence-electron chi connectivity index (χ2n) is 5.46. The molecule has 0 aliphatic heterocycles. The Morgan fingerprint density at radius 1 is 1.41 bits per heavy atom. The molecule has 100 valence electrons. The van der Waals surface area contributed by atoms with Crippen molar-refractivity contribution in [3.05, 3.63) is 0 Å². The minimum Gasteiger partial charge on any atom is -0.293 e. The number of hydrazine groups is 1. The van der Waals surface area contributed by atoms with E-state index >= 15 is 0 Å². The normalized spacial score (nSPS) is 18.9. The van der Waals surface area contributed by atoms with Gasteiger partial charge in [0, 0.05) is 12.6 Å². The van der Waals surface area contributed by atoms with E-state index in [0.29, 0.717) is 12.0 Å². The van der Waals surface area contributed by atoms with Crippen molar-refractivity contribution in [2.45, 2.75) is 65.0 Å². The van der Waals surface area contributed by atoms with Gasteiger partial charge in [-0.25, -0.2) is 5.84 Å². The number of carbonyl (C=O) groups is 1. The molecule has 1 fully saturated rings. The number of amides is 1. The Balaban J connectivity index is 2.74. The maximum absolute atomic E-state index is 11.8. The lowest BCUT2D eigenvalue weighted by Gasteiger charge is -2.36. The molecule has 0 aromatic carbocycles. The first-order valence-corrected chi connectivity index (χ1v) is 6.86. The standard InChI is InChI=1S/C13H27N3O/c1-4-12(13(17)15-14)16(9-10(2)3)11-7-5-6-8-11/h10-12H,4-9,14H2,1-3H3,(H,15,17). The van der Waals surface area contributed by atoms with Crippen LogP contribution in [0.15, 0.2) is 0 Å². The van der Waals surface area contributed by atoms with Gasteiger partial charge in [0.05, 0.1) is 6.04 Å². The molecule has 4 heteroatoms. The highest BCUT2D eigenvalue weighted by molar-refractivity contribution is 5.81. The highest BCUT2D eigenvalue weighted by atomic mass is 16.2. The van der Waals surface area contributed by atoms with E-state index in [-0.39, 0.29) is 11.9 Å². The zero-order valence-electron chi connectivity index (χ0n) is 11.4. The first-order valence-electron chi connectivity index (χ1n) is 6.86. The third-order valence-corrected chi connectivity index (χ3v) is 3.60. The maximum Gasteiger partial charge on any atom is 0.251 e. The zero-order valence-corrected chi connectivity index (χ0v) is 11.4. The van der Waals surface area contributed by atoms with Crippen LogP contribution >= 0.6 is 0 Å². The average molecular weight is 241 g/mol. The number of rotatable bonds is 6. The molecule has 1 atom stereocenters. The van der Waals surface area contributed by atoms with Crippen molar-refractivity contribution in [1.82, 2.24) is 10.3 Å². The van der Waals surface area contributed by atoms with Crippen LogP contribution in [0.3, 0.4) is 0 Å². The molecule has 0 saturated heterocycles. The van der Waals surface area contributed by atoms with Crippen molar-refractivity contribution in [2.75, 3.05) is 6.54 Å². The molecule has 0 bridgehead atoms. The fourth-order valence-corrected chi connectivity index (χ4v) is 2.86. The Morgan fingerprint density at radius 3 is 2.41 bits per heavy atom. The third kappa shape index (κ3) is 3.96. The number of nitrogens with two attached hydrogens (primary N) is 1. The van der Waals surface area contributed by atoms with Crippen LogP contribution in [-0.4, -0.2) is 29.4 Å². The summed E-state index contributed by atoms with van der Waals surface area (Å²) < 4.78 is 0. The fraction of sp³-hybridized carbons (Fsp3) is 0.923. The van der Waals surface area contributed by atoms with Crippen LogP contribution in [0, 0.1) is 5.92 Å². The van der Waals surface area contributed by atoms with Gasteiger partial charge >= 0.3 is 0 Å². The highest BCUT2D eigenvalue weighted by Crippen LogP contribution is 2.26. The Labute approximate surface area is 105 Å². The predicted molar refractivity (Wildman–Crippen MR) is 70.2 cm³/mol. The summed E-state index contributed by atoms with van der Waals surface area (Å²) in [5.41, 5.74) is 2.31. The summed E-state index contributed by atoms with van der Waals surface area (Å²) in [6.07, 6.45) is 5.86. The van der Waals surface area contributed by atoms with E-state index in [2.05, 4.69) is 31.1 Å². The Morgan fingerprint density at radius 2 is 2.00 bits per heavy atom. The molecule has 0 spiro atoms. The Kier molecular flexibility index (Phi) is 5.92. The lowest BCUT2D eigenvalue weighted by molar-refractivity contribution is -0.127. The monoisotopic (exact) mass is 241 g/mol. The second kappa shape index (κ2) is 6.97. The molecular weight excluding hydrogens is 214 g/mol. The van der Waals surface area contributed by atoms with E-state index < -0.39 is 0 Å². The molecule has 0 aromatic heterocycles. The van der Waals surface area contributed by atoms with Gasteiger partial charge in [-0.2, -0.15) is 0 Å². The minimum atomic E-state index is -0.0644. The SMILES string of the molecule is CCC(C(=O)NN)N(CC(C)C)C1CCCC1. The summed E-state index contributed by atoms with van der Waals surface area (Å²) in [6, 6.07) is 0.505. The first kappa shape index (κ1) is 14.5. The molecule has 1 saturated carbocycles. The van der Waals surface area contributed by atoms with Gasteiger partial charge in [-0.1, -0.05) is 33.6 Å². The largest absolute Gasteiger partial charge is 0.293 e. The van der Waals surface area contributed by atoms with Gasteiger partial charge in [-0.3, -0.25) is 15.1 Å². The molecule has 1 aliphatic carbocycles. The van der Waals surface area contributed by atoms with Crippen molar-refractivity contribution in [2.24, 2.45) is 11.8 Å². The van der Waals surface area contributed by atoms with Crippen LogP contribution in [0.2, 0.25) is 0 Å². The molecule has 0 heterocycles. The van der Waals surface area contributed by atoms with Crippen molar-refractivity contribution >= 4 is 5.91 Å². The van der Waals surface area contributed by atoms with Crippen LogP contribution in [-0.2, 0) is 4.79 Å². The van der Waals surface area contributed by atoms with Crippen molar-refractivity contribution in [3.63, 3.8) is 0 Å². The van der Waals surface area contributed by atoms with E-state index in [1.54, 1.807) is 0 Å². The van der Waals surface area contributed by atoms with Crippen LogP contribution < -0.4 is 11.3 Å². The summed E-state index contributed by atoms with van der Waals surface area (Å²) >= 11 is 0. The number of nitrogens with zero attached hydrogens (tertiary/aromatic N) is 1. The Hall–Kier alpha value is -0.610. The number of hydrogen-bond donors (Lipinski definition) is 2. The van der Waals surface area contributed by atoms with Gasteiger partial charge in [-0.05, 0) is 25.2 Å². The van der Waals surface area contributed by atoms with Gasteiger partial charge in [0.25, 0.3) is 5.91 Å². The zero-order chi connectivity index (χ0) is 12.8. The lowest BCUT2D eigenvalue weighted by Crippen LogP contribution is -2.53. The van der Waals surface area contributed by atoms with E-state index in [1.165, 1.54) is 25.7 Å². The first-order chi connectivity index (χ1) is 8.10. The fourth-order valence-electron chi connectivity index (χ4n) is 2.86. The van der Waals surface area contributed by atoms with Crippen LogP contribution in [0.5, 0.6) is 0 Å². The summed E-state index contributed by atoms with van der Waals surface area (Å²) in [5.74, 6) is 5.83. The van der Waals surface area contributed by atoms with E-state index in [1.807, 2.05) is 0 Å². The molecule has 4 nitrogen and oxygen atoms in total. The molecular formula is C13H27N3O. The van der Waals surface area contributed by atoms with E-state index in [9.17, 15) is 4.79 Å². The third-order valence-electron chi connectivity index (χ3n) is 3.60. The van der Waals surface area contributed by atoms with Crippen LogP contribution in [0.4, 0.5) is 0 Å². The summed E-state index contributed by atoms with van der Waals surface area (Å²) in [5, 5.41) is 0. The van der Waals surface area contributed by atoms with Gasteiger partial charge in [0.1, 0.15) is 0 Å². The van der Waals surface area contributed by atoms with Crippen LogP contribution in [0.25, 0.3) is 0 Å². The number of carbonyl (C=O) groups excluding carboxylic acids is 1. The predicted octanol–water partition coefficient (Wildman–Crippen LogP) is 1.66. The average Bonchev–Trinajstić information content (AvgIpc) is 2.81. The molecule has 0 radical (unpaired) electrons. The van der Waals surface area contributed by atoms with E-state index in [0.717, 1.165) is 13.0 Å².